The zero-order valence-corrected chi connectivity index (χ0v) is 22.2. The van der Waals surface area contributed by atoms with E-state index in [1.54, 1.807) is 19.1 Å². The third-order valence-corrected chi connectivity index (χ3v) is 5.67. The molecule has 0 aliphatic heterocycles. The van der Waals surface area contributed by atoms with E-state index in [-0.39, 0.29) is 11.1 Å². The molecule has 3 unspecified atom stereocenters. The van der Waals surface area contributed by atoms with Gasteiger partial charge in [-0.15, -0.1) is 0 Å². The highest BCUT2D eigenvalue weighted by Crippen LogP contribution is 2.23. The topological polar surface area (TPSA) is 123 Å². The number of nitrogens with one attached hydrogen (secondary N) is 3. The van der Waals surface area contributed by atoms with E-state index in [1.807, 2.05) is 0 Å². The van der Waals surface area contributed by atoms with Gasteiger partial charge in [-0.1, -0.05) is 32.0 Å². The van der Waals surface area contributed by atoms with Crippen LogP contribution < -0.4 is 25.4 Å². The molecule has 0 aliphatic carbocycles. The molecule has 3 N–H and O–H groups in total. The van der Waals surface area contributed by atoms with Crippen LogP contribution in [-0.4, -0.2) is 55.5 Å². The number of ketones is 1. The maximum Gasteiger partial charge on any atom is 0.452 e. The van der Waals surface area contributed by atoms with Gasteiger partial charge in [0.05, 0.1) is 19.8 Å². The maximum absolute atomic E-state index is 13.2. The lowest BCUT2D eigenvalue weighted by molar-refractivity contribution is -0.175. The van der Waals surface area contributed by atoms with Crippen LogP contribution in [0.25, 0.3) is 0 Å². The minimum atomic E-state index is -5.17. The molecule has 2 aromatic rings. The van der Waals surface area contributed by atoms with Crippen molar-refractivity contribution < 1.29 is 41.8 Å². The predicted octanol–water partition coefficient (Wildman–Crippen LogP) is 3.34. The summed E-state index contributed by atoms with van der Waals surface area (Å²) in [7, 11) is 1.42. The SMILES string of the molecule is CCOc1cccc(C(=O)NC(C)C(=O)NC(C(=O)NC(C(=O)C(F)(F)F)C(C)C)c2ccc(OC)cc2)c1. The molecule has 0 fully saturated rings. The van der Waals surface area contributed by atoms with Gasteiger partial charge in [0.25, 0.3) is 11.7 Å². The van der Waals surface area contributed by atoms with Crippen molar-refractivity contribution in [1.82, 2.24) is 16.0 Å². The molecule has 0 saturated heterocycles. The van der Waals surface area contributed by atoms with Crippen LogP contribution in [0.5, 0.6) is 11.5 Å². The Hall–Kier alpha value is -4.09. The average Bonchev–Trinajstić information content (AvgIpc) is 2.89. The van der Waals surface area contributed by atoms with Crippen LogP contribution >= 0.6 is 0 Å². The Kier molecular flexibility index (Phi) is 10.9. The van der Waals surface area contributed by atoms with E-state index in [0.29, 0.717) is 18.1 Å². The Labute approximate surface area is 224 Å². The van der Waals surface area contributed by atoms with Gasteiger partial charge in [-0.05, 0) is 55.7 Å². The molecule has 0 bridgehead atoms. The molecule has 12 heteroatoms. The second-order valence-corrected chi connectivity index (χ2v) is 8.96. The summed E-state index contributed by atoms with van der Waals surface area (Å²) in [5, 5.41) is 7.10. The lowest BCUT2D eigenvalue weighted by Gasteiger charge is -2.26. The van der Waals surface area contributed by atoms with Crippen LogP contribution in [0.2, 0.25) is 0 Å². The summed E-state index contributed by atoms with van der Waals surface area (Å²) in [4.78, 5) is 50.8. The van der Waals surface area contributed by atoms with Crippen molar-refractivity contribution in [2.24, 2.45) is 5.92 Å². The number of rotatable bonds is 12. The number of methoxy groups -OCH3 is 1. The molecule has 0 radical (unpaired) electrons. The largest absolute Gasteiger partial charge is 0.497 e. The van der Waals surface area contributed by atoms with Crippen molar-refractivity contribution >= 4 is 23.5 Å². The Morgan fingerprint density at radius 3 is 2.05 bits per heavy atom. The number of carbonyl (C=O) groups is 4. The summed E-state index contributed by atoms with van der Waals surface area (Å²) in [6.07, 6.45) is -5.17. The molecular weight excluding hydrogens is 519 g/mol. The first-order chi connectivity index (χ1) is 18.3. The Bertz CT molecular complexity index is 1170. The molecule has 0 heterocycles. The maximum atomic E-state index is 13.2. The van der Waals surface area contributed by atoms with Crippen molar-refractivity contribution in [3.05, 3.63) is 59.7 Å². The Morgan fingerprint density at radius 1 is 0.872 bits per heavy atom. The third kappa shape index (κ3) is 8.72. The van der Waals surface area contributed by atoms with Gasteiger partial charge in [-0.2, -0.15) is 13.2 Å². The summed E-state index contributed by atoms with van der Waals surface area (Å²) < 4.78 is 49.9. The quantitative estimate of drug-likeness (QED) is 0.372. The summed E-state index contributed by atoms with van der Waals surface area (Å²) in [5.74, 6) is -4.50. The monoisotopic (exact) mass is 551 g/mol. The van der Waals surface area contributed by atoms with E-state index in [9.17, 15) is 32.3 Å². The van der Waals surface area contributed by atoms with E-state index in [1.165, 1.54) is 64.3 Å². The van der Waals surface area contributed by atoms with Crippen LogP contribution in [-0.2, 0) is 14.4 Å². The molecule has 9 nitrogen and oxygen atoms in total. The van der Waals surface area contributed by atoms with Crippen LogP contribution in [0.4, 0.5) is 13.2 Å². The van der Waals surface area contributed by atoms with Crippen LogP contribution in [0.1, 0.15) is 49.7 Å². The normalized spacial score (nSPS) is 13.6. The molecule has 0 spiro atoms. The predicted molar refractivity (Wildman–Crippen MR) is 136 cm³/mol. The first-order valence-corrected chi connectivity index (χ1v) is 12.2. The van der Waals surface area contributed by atoms with Gasteiger partial charge in [-0.3, -0.25) is 19.2 Å². The third-order valence-electron chi connectivity index (χ3n) is 5.67. The van der Waals surface area contributed by atoms with Gasteiger partial charge in [0.2, 0.25) is 11.8 Å². The van der Waals surface area contributed by atoms with Gasteiger partial charge >= 0.3 is 6.18 Å². The molecular formula is C27H32F3N3O6. The lowest BCUT2D eigenvalue weighted by Crippen LogP contribution is -2.54. The molecule has 0 saturated carbocycles. The highest BCUT2D eigenvalue weighted by molar-refractivity contribution is 5.99. The standard InChI is InChI=1S/C27H32F3N3O6/c1-6-39-20-9-7-8-18(14-20)25(36)31-16(4)24(35)33-22(17-10-12-19(38-5)13-11-17)26(37)32-21(15(2)3)23(34)27(28,29)30/h7-16,21-22H,6H2,1-5H3,(H,31,36)(H,32,37)(H,33,35). The van der Waals surface area contributed by atoms with E-state index in [4.69, 9.17) is 9.47 Å². The van der Waals surface area contributed by atoms with Crippen molar-refractivity contribution in [3.8, 4) is 11.5 Å². The minimum Gasteiger partial charge on any atom is -0.497 e. The second-order valence-electron chi connectivity index (χ2n) is 8.96. The molecule has 3 amide bonds. The summed E-state index contributed by atoms with van der Waals surface area (Å²) in [5.41, 5.74) is 0.446. The van der Waals surface area contributed by atoms with Gasteiger partial charge < -0.3 is 25.4 Å². The number of alkyl halides is 3. The fraction of sp³-hybridized carbons (Fsp3) is 0.407. The van der Waals surface area contributed by atoms with Gasteiger partial charge in [0.1, 0.15) is 23.6 Å². The number of hydrogen-bond acceptors (Lipinski definition) is 6. The van der Waals surface area contributed by atoms with E-state index < -0.39 is 53.7 Å². The minimum absolute atomic E-state index is 0.214. The number of hydrogen-bond donors (Lipinski definition) is 3. The lowest BCUT2D eigenvalue weighted by atomic mass is 9.97. The van der Waals surface area contributed by atoms with E-state index in [2.05, 4.69) is 16.0 Å². The van der Waals surface area contributed by atoms with Crippen LogP contribution in [0.3, 0.4) is 0 Å². The van der Waals surface area contributed by atoms with Crippen molar-refractivity contribution in [2.45, 2.75) is 52.0 Å². The number of benzene rings is 2. The number of carbonyl (C=O) groups excluding carboxylic acids is 4. The van der Waals surface area contributed by atoms with Gasteiger partial charge in [0.15, 0.2) is 0 Å². The molecule has 212 valence electrons. The van der Waals surface area contributed by atoms with E-state index >= 15 is 0 Å². The fourth-order valence-electron chi connectivity index (χ4n) is 3.55. The summed E-state index contributed by atoms with van der Waals surface area (Å²) in [6, 6.07) is 7.71. The fourth-order valence-corrected chi connectivity index (χ4v) is 3.55. The Morgan fingerprint density at radius 2 is 1.51 bits per heavy atom. The van der Waals surface area contributed by atoms with Crippen LogP contribution in [0, 0.1) is 5.92 Å². The number of amides is 3. The smallest absolute Gasteiger partial charge is 0.452 e. The highest BCUT2D eigenvalue weighted by atomic mass is 19.4. The molecule has 3 atom stereocenters. The highest BCUT2D eigenvalue weighted by Gasteiger charge is 2.45. The first-order valence-electron chi connectivity index (χ1n) is 12.2. The van der Waals surface area contributed by atoms with E-state index in [0.717, 1.165) is 0 Å². The van der Waals surface area contributed by atoms with Crippen molar-refractivity contribution in [1.29, 1.82) is 0 Å². The molecule has 0 aromatic heterocycles. The first kappa shape index (κ1) is 31.1. The van der Waals surface area contributed by atoms with Crippen molar-refractivity contribution in [2.75, 3.05) is 13.7 Å². The average molecular weight is 552 g/mol. The van der Waals surface area contributed by atoms with Crippen LogP contribution in [0.15, 0.2) is 48.5 Å². The van der Waals surface area contributed by atoms with Crippen molar-refractivity contribution in [3.63, 3.8) is 0 Å². The second kappa shape index (κ2) is 13.6. The Balaban J connectivity index is 2.26. The zero-order chi connectivity index (χ0) is 29.3. The van der Waals surface area contributed by atoms with Gasteiger partial charge in [0, 0.05) is 5.56 Å². The molecule has 0 aliphatic rings. The number of Topliss-reactive ketones (excluding diaryl/α,β-unsaturated/α-hetero) is 1. The number of halogens is 3. The number of ether oxygens (including phenoxy) is 2. The summed E-state index contributed by atoms with van der Waals surface area (Å²) >= 11 is 0. The zero-order valence-electron chi connectivity index (χ0n) is 22.2. The molecule has 2 rings (SSSR count). The molecule has 2 aromatic carbocycles. The molecule has 39 heavy (non-hydrogen) atoms. The van der Waals surface area contributed by atoms with Gasteiger partial charge in [-0.25, -0.2) is 0 Å². The summed E-state index contributed by atoms with van der Waals surface area (Å²) in [6.45, 7) is 6.27.